The molecule has 1 aliphatic heterocycles. The van der Waals surface area contributed by atoms with Gasteiger partial charge in [-0.1, -0.05) is 73.2 Å². The summed E-state index contributed by atoms with van der Waals surface area (Å²) >= 11 is 0. The molecule has 174 valence electrons. The standard InChI is InChI=1S/C30H27FN4/c31-30(33)26-19-24(14-16-27(26)32)29(28(22-7-4-8-22)21-5-2-1-3-6-21)23-12-9-20(10-13-23)11-15-25-17-18-34-35-25/h1-3,5-6,9-16,18-19,22,33H,4,7-8,17,32H2/b15-11+,29-28-,33-30?. The first-order valence-corrected chi connectivity index (χ1v) is 11.9. The number of nitrogens with one attached hydrogen (secondary N) is 1. The minimum Gasteiger partial charge on any atom is -0.398 e. The summed E-state index contributed by atoms with van der Waals surface area (Å²) in [5.41, 5.74) is 13.8. The summed E-state index contributed by atoms with van der Waals surface area (Å²) in [4.78, 5) is 0. The molecule has 4 nitrogen and oxygen atoms in total. The molecule has 0 spiro atoms. The molecule has 0 atom stereocenters. The van der Waals surface area contributed by atoms with Crippen LogP contribution in [-0.4, -0.2) is 17.9 Å². The summed E-state index contributed by atoms with van der Waals surface area (Å²) in [5, 5.41) is 15.6. The maximum Gasteiger partial charge on any atom is 0.214 e. The van der Waals surface area contributed by atoms with Gasteiger partial charge in [0.05, 0.1) is 11.3 Å². The lowest BCUT2D eigenvalue weighted by molar-refractivity contribution is 0.401. The third-order valence-corrected chi connectivity index (χ3v) is 6.68. The van der Waals surface area contributed by atoms with E-state index in [1.165, 1.54) is 17.6 Å². The first-order valence-electron chi connectivity index (χ1n) is 11.9. The number of hydrogen-bond acceptors (Lipinski definition) is 4. The zero-order chi connectivity index (χ0) is 24.2. The van der Waals surface area contributed by atoms with Crippen molar-refractivity contribution in [2.45, 2.75) is 25.7 Å². The highest BCUT2D eigenvalue weighted by Crippen LogP contribution is 2.45. The molecule has 3 N–H and O–H groups in total. The van der Waals surface area contributed by atoms with Crippen molar-refractivity contribution in [1.29, 1.82) is 5.41 Å². The molecule has 0 bridgehead atoms. The van der Waals surface area contributed by atoms with E-state index < -0.39 is 5.97 Å². The van der Waals surface area contributed by atoms with E-state index in [2.05, 4.69) is 58.7 Å². The van der Waals surface area contributed by atoms with Gasteiger partial charge < -0.3 is 5.73 Å². The van der Waals surface area contributed by atoms with Crippen LogP contribution in [0.5, 0.6) is 0 Å². The van der Waals surface area contributed by atoms with Gasteiger partial charge in [0, 0.05) is 18.3 Å². The van der Waals surface area contributed by atoms with Gasteiger partial charge in [-0.2, -0.15) is 14.6 Å². The van der Waals surface area contributed by atoms with Crippen LogP contribution in [0.25, 0.3) is 17.2 Å². The van der Waals surface area contributed by atoms with Gasteiger partial charge in [0.1, 0.15) is 0 Å². The Kier molecular flexibility index (Phi) is 6.49. The monoisotopic (exact) mass is 462 g/mol. The van der Waals surface area contributed by atoms with Crippen LogP contribution in [0.3, 0.4) is 0 Å². The first-order chi connectivity index (χ1) is 17.1. The van der Waals surface area contributed by atoms with Gasteiger partial charge in [-0.25, -0.2) is 0 Å². The van der Waals surface area contributed by atoms with Gasteiger partial charge >= 0.3 is 0 Å². The van der Waals surface area contributed by atoms with Gasteiger partial charge in [0.2, 0.25) is 5.97 Å². The predicted octanol–water partition coefficient (Wildman–Crippen LogP) is 7.17. The number of anilines is 1. The van der Waals surface area contributed by atoms with Crippen molar-refractivity contribution in [2.24, 2.45) is 16.1 Å². The van der Waals surface area contributed by atoms with Crippen LogP contribution >= 0.6 is 0 Å². The Morgan fingerprint density at radius 1 is 0.914 bits per heavy atom. The van der Waals surface area contributed by atoms with Crippen molar-refractivity contribution in [1.82, 2.24) is 0 Å². The van der Waals surface area contributed by atoms with Crippen molar-refractivity contribution in [3.8, 4) is 0 Å². The van der Waals surface area contributed by atoms with E-state index in [-0.39, 0.29) is 11.3 Å². The summed E-state index contributed by atoms with van der Waals surface area (Å²) in [6.07, 6.45) is 10.0. The second-order valence-electron chi connectivity index (χ2n) is 8.95. The lowest BCUT2D eigenvalue weighted by Crippen LogP contribution is -2.15. The smallest absolute Gasteiger partial charge is 0.214 e. The number of halogens is 1. The average Bonchev–Trinajstić information content (AvgIpc) is 3.37. The fourth-order valence-electron chi connectivity index (χ4n) is 4.62. The van der Waals surface area contributed by atoms with E-state index in [0.717, 1.165) is 47.2 Å². The maximum absolute atomic E-state index is 14.0. The van der Waals surface area contributed by atoms with Crippen molar-refractivity contribution < 1.29 is 4.39 Å². The zero-order valence-electron chi connectivity index (χ0n) is 19.4. The Hall–Kier alpha value is -4.12. The molecule has 1 aliphatic carbocycles. The van der Waals surface area contributed by atoms with Crippen LogP contribution in [0.2, 0.25) is 0 Å². The quantitative estimate of drug-likeness (QED) is 0.218. The van der Waals surface area contributed by atoms with Crippen molar-refractivity contribution in [2.75, 3.05) is 5.73 Å². The third kappa shape index (κ3) is 4.90. The number of benzene rings is 3. The first kappa shape index (κ1) is 22.7. The lowest BCUT2D eigenvalue weighted by Gasteiger charge is -2.31. The van der Waals surface area contributed by atoms with Crippen molar-refractivity contribution >= 4 is 40.8 Å². The molecule has 1 saturated carbocycles. The highest BCUT2D eigenvalue weighted by molar-refractivity contribution is 6.07. The van der Waals surface area contributed by atoms with E-state index in [4.69, 9.17) is 11.1 Å². The molecule has 5 heteroatoms. The summed E-state index contributed by atoms with van der Waals surface area (Å²) in [6.45, 7) is 0. The molecule has 0 aromatic heterocycles. The zero-order valence-corrected chi connectivity index (χ0v) is 19.4. The Morgan fingerprint density at radius 3 is 2.29 bits per heavy atom. The molecule has 0 amide bonds. The van der Waals surface area contributed by atoms with Gasteiger partial charge in [0.25, 0.3) is 0 Å². The Labute approximate surface area is 204 Å². The maximum atomic E-state index is 14.0. The summed E-state index contributed by atoms with van der Waals surface area (Å²) in [5.74, 6) is -0.592. The number of nitrogen functional groups attached to an aromatic ring is 1. The van der Waals surface area contributed by atoms with Crippen molar-refractivity contribution in [3.05, 3.63) is 107 Å². The highest BCUT2D eigenvalue weighted by atomic mass is 19.1. The average molecular weight is 463 g/mol. The van der Waals surface area contributed by atoms with E-state index in [1.807, 2.05) is 24.3 Å². The fourth-order valence-corrected chi connectivity index (χ4v) is 4.62. The molecular formula is C30H27FN4. The van der Waals surface area contributed by atoms with Crippen molar-refractivity contribution in [3.63, 3.8) is 0 Å². The summed E-state index contributed by atoms with van der Waals surface area (Å²) < 4.78 is 14.0. The van der Waals surface area contributed by atoms with E-state index in [0.29, 0.717) is 5.92 Å². The predicted molar refractivity (Wildman–Crippen MR) is 145 cm³/mol. The number of nitrogens with two attached hydrogens (primary N) is 1. The Morgan fingerprint density at radius 2 is 1.66 bits per heavy atom. The van der Waals surface area contributed by atoms with Crippen LogP contribution in [0.1, 0.15) is 53.5 Å². The number of hydrogen-bond donors (Lipinski definition) is 2. The minimum atomic E-state index is -1.02. The third-order valence-electron chi connectivity index (χ3n) is 6.68. The topological polar surface area (TPSA) is 74.6 Å². The molecule has 0 unspecified atom stereocenters. The van der Waals surface area contributed by atoms with Gasteiger partial charge in [-0.05, 0) is 70.4 Å². The molecule has 0 saturated heterocycles. The lowest BCUT2D eigenvalue weighted by atomic mass is 9.73. The molecule has 0 radical (unpaired) electrons. The highest BCUT2D eigenvalue weighted by Gasteiger charge is 2.27. The Balaban J connectivity index is 1.65. The molecular weight excluding hydrogens is 435 g/mol. The van der Waals surface area contributed by atoms with Crippen LogP contribution in [-0.2, 0) is 0 Å². The van der Waals surface area contributed by atoms with E-state index >= 15 is 0 Å². The summed E-state index contributed by atoms with van der Waals surface area (Å²) in [6, 6.07) is 24.2. The SMILES string of the molecule is N=C(F)c1cc(/C(=C(/c2ccccc2)C2CCC2)c2ccc(/C=C/C3=NN=CC3)cc2)ccc1N. The largest absolute Gasteiger partial charge is 0.398 e. The van der Waals surface area contributed by atoms with Crippen LogP contribution in [0.4, 0.5) is 10.1 Å². The molecule has 2 aliphatic rings. The second kappa shape index (κ2) is 10.0. The minimum absolute atomic E-state index is 0.125. The second-order valence-corrected chi connectivity index (χ2v) is 8.95. The van der Waals surface area contributed by atoms with Crippen LogP contribution in [0, 0.1) is 11.3 Å². The van der Waals surface area contributed by atoms with Gasteiger partial charge in [0.15, 0.2) is 0 Å². The van der Waals surface area contributed by atoms with Crippen LogP contribution < -0.4 is 5.73 Å². The Bertz CT molecular complexity index is 1360. The molecule has 3 aromatic carbocycles. The molecule has 35 heavy (non-hydrogen) atoms. The number of rotatable bonds is 7. The summed E-state index contributed by atoms with van der Waals surface area (Å²) in [7, 11) is 0. The van der Waals surface area contributed by atoms with Crippen LogP contribution in [0.15, 0.2) is 89.1 Å². The fraction of sp³-hybridized carbons (Fsp3) is 0.167. The number of allylic oxidation sites excluding steroid dienone is 2. The van der Waals surface area contributed by atoms with E-state index in [9.17, 15) is 4.39 Å². The van der Waals surface area contributed by atoms with Gasteiger partial charge in [-0.3, -0.25) is 5.41 Å². The normalized spacial score (nSPS) is 16.2. The molecule has 1 heterocycles. The molecule has 5 rings (SSSR count). The van der Waals surface area contributed by atoms with Gasteiger partial charge in [-0.15, -0.1) is 0 Å². The number of nitrogens with zero attached hydrogens (tertiary/aromatic N) is 2. The molecule has 3 aromatic rings. The van der Waals surface area contributed by atoms with E-state index in [1.54, 1.807) is 18.3 Å². The molecule has 1 fully saturated rings.